The Bertz CT molecular complexity index is 1140. The van der Waals surface area contributed by atoms with Gasteiger partial charge in [-0.05, 0) is 49.1 Å². The van der Waals surface area contributed by atoms with Gasteiger partial charge in [0.05, 0.1) is 25.3 Å². The van der Waals surface area contributed by atoms with Gasteiger partial charge >= 0.3 is 5.97 Å². The molecule has 1 saturated heterocycles. The first-order valence-electron chi connectivity index (χ1n) is 9.83. The highest BCUT2D eigenvalue weighted by Crippen LogP contribution is 2.27. The summed E-state index contributed by atoms with van der Waals surface area (Å²) in [7, 11) is 2.81. The second kappa shape index (κ2) is 8.62. The van der Waals surface area contributed by atoms with Crippen LogP contribution in [0.5, 0.6) is 5.75 Å². The molecule has 3 aromatic rings. The summed E-state index contributed by atoms with van der Waals surface area (Å²) in [5.74, 6) is 0.989. The lowest BCUT2D eigenvalue weighted by molar-refractivity contribution is 0.0597. The van der Waals surface area contributed by atoms with Gasteiger partial charge in [-0.1, -0.05) is 0 Å². The number of nitrogens with one attached hydrogen (secondary N) is 1. The first-order valence-corrected chi connectivity index (χ1v) is 9.83. The van der Waals surface area contributed by atoms with Crippen molar-refractivity contribution >= 4 is 17.0 Å². The number of aromatic amines is 1. The number of ether oxygens (including phenoxy) is 3. The van der Waals surface area contributed by atoms with Gasteiger partial charge in [-0.15, -0.1) is 0 Å². The van der Waals surface area contributed by atoms with Crippen LogP contribution in [0.3, 0.4) is 0 Å². The highest BCUT2D eigenvalue weighted by molar-refractivity contribution is 5.94. The maximum Gasteiger partial charge on any atom is 0.341 e. The van der Waals surface area contributed by atoms with E-state index in [0.29, 0.717) is 51.8 Å². The third kappa shape index (κ3) is 4.04. The van der Waals surface area contributed by atoms with Crippen LogP contribution in [0.2, 0.25) is 0 Å². The number of esters is 1. The molecule has 1 aromatic carbocycles. The Morgan fingerprint density at radius 1 is 1.17 bits per heavy atom. The number of benzene rings is 1. The predicted molar refractivity (Wildman–Crippen MR) is 111 cm³/mol. The molecule has 1 N–H and O–H groups in total. The van der Waals surface area contributed by atoms with E-state index in [2.05, 4.69) is 15.0 Å². The van der Waals surface area contributed by atoms with Crippen LogP contribution in [0.15, 0.2) is 35.1 Å². The van der Waals surface area contributed by atoms with E-state index in [1.165, 1.54) is 14.2 Å². The molecule has 0 radical (unpaired) electrons. The fourth-order valence-electron chi connectivity index (χ4n) is 3.68. The van der Waals surface area contributed by atoms with E-state index in [1.807, 2.05) is 0 Å². The number of carbonyl (C=O) groups is 1. The number of hydrogen-bond donors (Lipinski definition) is 1. The van der Waals surface area contributed by atoms with Crippen molar-refractivity contribution in [2.75, 3.05) is 27.4 Å². The summed E-state index contributed by atoms with van der Waals surface area (Å²) < 4.78 is 15.5. The first kappa shape index (κ1) is 20.0. The molecule has 1 aliphatic heterocycles. The molecule has 0 bridgehead atoms. The summed E-state index contributed by atoms with van der Waals surface area (Å²) in [5, 5.41) is 0.427. The van der Waals surface area contributed by atoms with Gasteiger partial charge < -0.3 is 19.2 Å². The van der Waals surface area contributed by atoms with Crippen molar-refractivity contribution in [2.45, 2.75) is 19.3 Å². The first-order chi connectivity index (χ1) is 14.6. The van der Waals surface area contributed by atoms with Gasteiger partial charge in [0.2, 0.25) is 0 Å². The molecule has 8 heteroatoms. The molecule has 156 valence electrons. The lowest BCUT2D eigenvalue weighted by atomic mass is 9.96. The summed E-state index contributed by atoms with van der Waals surface area (Å²) in [6.07, 6.45) is 2.60. The SMILES string of the molecule is COC(=O)c1cc(-c2ccc3c(=O)[nH]c(CC4CCOCC4)nc3n2)ccc1OC. The van der Waals surface area contributed by atoms with E-state index in [0.717, 1.165) is 26.1 Å². The number of pyridine rings is 1. The molecule has 8 nitrogen and oxygen atoms in total. The van der Waals surface area contributed by atoms with Gasteiger partial charge in [0.25, 0.3) is 5.56 Å². The van der Waals surface area contributed by atoms with Crippen LogP contribution in [-0.4, -0.2) is 48.4 Å². The van der Waals surface area contributed by atoms with Crippen molar-refractivity contribution < 1.29 is 19.0 Å². The molecule has 3 heterocycles. The van der Waals surface area contributed by atoms with Crippen molar-refractivity contribution in [2.24, 2.45) is 5.92 Å². The number of methoxy groups -OCH3 is 2. The van der Waals surface area contributed by atoms with Gasteiger partial charge in [0.15, 0.2) is 5.65 Å². The zero-order chi connectivity index (χ0) is 21.1. The van der Waals surface area contributed by atoms with Crippen LogP contribution in [-0.2, 0) is 15.9 Å². The molecule has 0 saturated carbocycles. The highest BCUT2D eigenvalue weighted by Gasteiger charge is 2.18. The average molecular weight is 409 g/mol. The van der Waals surface area contributed by atoms with E-state index < -0.39 is 5.97 Å². The standard InChI is InChI=1S/C22H23N3O5/c1-28-18-6-3-14(12-16(18)22(27)29-2)17-5-4-15-20(23-17)24-19(25-21(15)26)11-13-7-9-30-10-8-13/h3-6,12-13H,7-11H2,1-2H3,(H,23,24,25,26). The molecule has 0 atom stereocenters. The molecule has 1 aliphatic rings. The Balaban J connectivity index is 1.72. The van der Waals surface area contributed by atoms with Crippen molar-refractivity contribution in [3.05, 3.63) is 52.1 Å². The molecule has 4 rings (SSSR count). The smallest absolute Gasteiger partial charge is 0.341 e. The predicted octanol–water partition coefficient (Wildman–Crippen LogP) is 2.75. The zero-order valence-electron chi connectivity index (χ0n) is 16.9. The highest BCUT2D eigenvalue weighted by atomic mass is 16.5. The Morgan fingerprint density at radius 2 is 1.97 bits per heavy atom. The number of nitrogens with zero attached hydrogens (tertiary/aromatic N) is 2. The monoisotopic (exact) mass is 409 g/mol. The van der Waals surface area contributed by atoms with Gasteiger partial charge in [0.1, 0.15) is 17.1 Å². The van der Waals surface area contributed by atoms with Gasteiger partial charge in [-0.3, -0.25) is 4.79 Å². The number of aromatic nitrogens is 3. The van der Waals surface area contributed by atoms with Crippen molar-refractivity contribution in [1.82, 2.24) is 15.0 Å². The lowest BCUT2D eigenvalue weighted by Gasteiger charge is -2.21. The topological polar surface area (TPSA) is 103 Å². The molecule has 0 spiro atoms. The Labute approximate surface area is 173 Å². The van der Waals surface area contributed by atoms with Crippen LogP contribution < -0.4 is 10.3 Å². The van der Waals surface area contributed by atoms with Crippen molar-refractivity contribution in [3.8, 4) is 17.0 Å². The second-order valence-corrected chi connectivity index (χ2v) is 7.25. The number of carbonyl (C=O) groups excluding carboxylic acids is 1. The summed E-state index contributed by atoms with van der Waals surface area (Å²) in [5.41, 5.74) is 1.79. The Morgan fingerprint density at radius 3 is 2.70 bits per heavy atom. The van der Waals surface area contributed by atoms with E-state index in [-0.39, 0.29) is 5.56 Å². The van der Waals surface area contributed by atoms with E-state index in [4.69, 9.17) is 14.2 Å². The quantitative estimate of drug-likeness (QED) is 0.646. The summed E-state index contributed by atoms with van der Waals surface area (Å²) >= 11 is 0. The average Bonchev–Trinajstić information content (AvgIpc) is 2.78. The van der Waals surface area contributed by atoms with Gasteiger partial charge in [-0.25, -0.2) is 14.8 Å². The molecular weight excluding hydrogens is 386 g/mol. The normalized spacial score (nSPS) is 14.6. The molecular formula is C22H23N3O5. The number of H-pyrrole nitrogens is 1. The fraction of sp³-hybridized carbons (Fsp3) is 0.364. The minimum atomic E-state index is -0.497. The molecule has 2 aromatic heterocycles. The molecule has 30 heavy (non-hydrogen) atoms. The van der Waals surface area contributed by atoms with E-state index in [9.17, 15) is 9.59 Å². The lowest BCUT2D eigenvalue weighted by Crippen LogP contribution is -2.21. The fourth-order valence-corrected chi connectivity index (χ4v) is 3.68. The summed E-state index contributed by atoms with van der Waals surface area (Å²) in [6.45, 7) is 1.48. The third-order valence-electron chi connectivity index (χ3n) is 5.34. The van der Waals surface area contributed by atoms with Crippen LogP contribution in [0.1, 0.15) is 29.0 Å². The zero-order valence-corrected chi connectivity index (χ0v) is 16.9. The number of hydrogen-bond acceptors (Lipinski definition) is 7. The van der Waals surface area contributed by atoms with Crippen LogP contribution in [0, 0.1) is 5.92 Å². The van der Waals surface area contributed by atoms with E-state index >= 15 is 0 Å². The van der Waals surface area contributed by atoms with E-state index in [1.54, 1.807) is 30.3 Å². The van der Waals surface area contributed by atoms with Gasteiger partial charge in [-0.2, -0.15) is 0 Å². The second-order valence-electron chi connectivity index (χ2n) is 7.25. The van der Waals surface area contributed by atoms with Crippen LogP contribution >= 0.6 is 0 Å². The maximum atomic E-state index is 12.5. The van der Waals surface area contributed by atoms with Crippen molar-refractivity contribution in [1.29, 1.82) is 0 Å². The minimum Gasteiger partial charge on any atom is -0.496 e. The molecule has 0 amide bonds. The van der Waals surface area contributed by atoms with Crippen LogP contribution in [0.4, 0.5) is 0 Å². The summed E-state index contributed by atoms with van der Waals surface area (Å²) in [6, 6.07) is 8.59. The summed E-state index contributed by atoms with van der Waals surface area (Å²) in [4.78, 5) is 36.7. The minimum absolute atomic E-state index is 0.203. The molecule has 1 fully saturated rings. The Hall–Kier alpha value is -3.26. The molecule has 0 aliphatic carbocycles. The molecule has 0 unspecified atom stereocenters. The number of fused-ring (bicyclic) bond motifs is 1. The largest absolute Gasteiger partial charge is 0.496 e. The number of rotatable bonds is 5. The Kier molecular flexibility index (Phi) is 5.76. The maximum absolute atomic E-state index is 12.5. The van der Waals surface area contributed by atoms with Crippen molar-refractivity contribution in [3.63, 3.8) is 0 Å². The van der Waals surface area contributed by atoms with Gasteiger partial charge in [0, 0.05) is 25.2 Å². The third-order valence-corrected chi connectivity index (χ3v) is 5.34. The van der Waals surface area contributed by atoms with Crippen LogP contribution in [0.25, 0.3) is 22.3 Å².